The monoisotopic (exact) mass is 439 g/mol. The predicted molar refractivity (Wildman–Crippen MR) is 108 cm³/mol. The van der Waals surface area contributed by atoms with Crippen LogP contribution in [0.1, 0.15) is 27.6 Å². The van der Waals surface area contributed by atoms with Gasteiger partial charge in [0.05, 0.1) is 11.5 Å². The van der Waals surface area contributed by atoms with Crippen molar-refractivity contribution in [2.24, 2.45) is 0 Å². The first-order valence-electron chi connectivity index (χ1n) is 8.60. The number of hydrogen-bond donors (Lipinski definition) is 0. The third-order valence-electron chi connectivity index (χ3n) is 4.09. The predicted octanol–water partition coefficient (Wildman–Crippen LogP) is 4.92. The average Bonchev–Trinajstić information content (AvgIpc) is 3.24. The number of carbonyl (C=O) groups excluding carboxylic acids is 1. The highest BCUT2D eigenvalue weighted by atomic mass is 32.2. The largest absolute Gasteiger partial charge is 0.435 e. The third-order valence-corrected chi connectivity index (χ3v) is 5.45. The molecule has 0 aliphatic heterocycles. The first-order chi connectivity index (χ1) is 13.9. The molecule has 0 radical (unpaired) electrons. The van der Waals surface area contributed by atoms with Gasteiger partial charge in [-0.25, -0.2) is 0 Å². The molecule has 3 aromatic rings. The molecule has 0 saturated heterocycles. The number of ether oxygens (including phenoxy) is 1. The van der Waals surface area contributed by atoms with Crippen LogP contribution in [-0.2, 0) is 5.75 Å². The number of benzene rings is 1. The number of ketones is 1. The van der Waals surface area contributed by atoms with E-state index in [4.69, 9.17) is 4.42 Å². The van der Waals surface area contributed by atoms with Crippen LogP contribution in [0.5, 0.6) is 5.75 Å². The van der Waals surface area contributed by atoms with Gasteiger partial charge in [-0.2, -0.15) is 20.5 Å². The third kappa shape index (κ3) is 5.18. The Labute approximate surface area is 175 Å². The Morgan fingerprint density at radius 2 is 1.97 bits per heavy atom. The molecule has 0 amide bonds. The van der Waals surface area contributed by atoms with Gasteiger partial charge in [-0.15, -0.1) is 10.2 Å². The molecule has 3 rings (SSSR count). The highest BCUT2D eigenvalue weighted by Gasteiger charge is 2.18. The zero-order valence-corrected chi connectivity index (χ0v) is 17.7. The van der Waals surface area contributed by atoms with Gasteiger partial charge in [0.2, 0.25) is 5.89 Å². The number of aromatic nitrogens is 3. The van der Waals surface area contributed by atoms with Gasteiger partial charge in [0, 0.05) is 22.6 Å². The van der Waals surface area contributed by atoms with E-state index in [0.29, 0.717) is 22.4 Å². The molecule has 0 spiro atoms. The van der Waals surface area contributed by atoms with Gasteiger partial charge in [0.1, 0.15) is 5.75 Å². The van der Waals surface area contributed by atoms with Crippen LogP contribution in [0.25, 0.3) is 5.69 Å². The normalized spacial score (nSPS) is 11.2. The van der Waals surface area contributed by atoms with E-state index in [1.54, 1.807) is 23.9 Å². The van der Waals surface area contributed by atoms with Crippen molar-refractivity contribution in [1.29, 1.82) is 0 Å². The van der Waals surface area contributed by atoms with Crippen molar-refractivity contribution in [3.8, 4) is 11.4 Å². The summed E-state index contributed by atoms with van der Waals surface area (Å²) in [5, 5.41) is 8.22. The minimum Gasteiger partial charge on any atom is -0.435 e. The Bertz CT molecular complexity index is 987. The molecule has 6 nitrogen and oxygen atoms in total. The van der Waals surface area contributed by atoms with Crippen LogP contribution < -0.4 is 4.74 Å². The quantitative estimate of drug-likeness (QED) is 0.346. The van der Waals surface area contributed by atoms with E-state index in [0.717, 1.165) is 17.1 Å². The van der Waals surface area contributed by atoms with Crippen molar-refractivity contribution in [1.82, 2.24) is 14.8 Å². The van der Waals surface area contributed by atoms with Crippen molar-refractivity contribution in [2.75, 3.05) is 12.0 Å². The zero-order chi connectivity index (χ0) is 21.0. The maximum absolute atomic E-state index is 12.7. The van der Waals surface area contributed by atoms with Crippen molar-refractivity contribution in [3.63, 3.8) is 0 Å². The van der Waals surface area contributed by atoms with Crippen LogP contribution in [0.15, 0.2) is 40.0 Å². The van der Waals surface area contributed by atoms with Crippen LogP contribution >= 0.6 is 23.5 Å². The molecule has 0 saturated carbocycles. The van der Waals surface area contributed by atoms with Crippen molar-refractivity contribution in [2.45, 2.75) is 31.4 Å². The van der Waals surface area contributed by atoms with Crippen molar-refractivity contribution in [3.05, 3.63) is 53.2 Å². The van der Waals surface area contributed by atoms with E-state index in [2.05, 4.69) is 14.9 Å². The van der Waals surface area contributed by atoms with Crippen LogP contribution in [0.2, 0.25) is 0 Å². The standard InChI is InChI=1S/C19H19F2N3O3S2/c1-11-8-15(16(25)9-29-19-23-22-17(27-19)10-28-3)12(2)24(11)13-4-6-14(7-5-13)26-18(20)21/h4-8,18H,9-10H2,1-3H3. The summed E-state index contributed by atoms with van der Waals surface area (Å²) < 4.78 is 36.4. The molecule has 0 bridgehead atoms. The number of alkyl halides is 2. The van der Waals surface area contributed by atoms with Gasteiger partial charge in [0.25, 0.3) is 5.22 Å². The lowest BCUT2D eigenvalue weighted by Crippen LogP contribution is -2.06. The SMILES string of the molecule is CSCc1nnc(SCC(=O)c2cc(C)n(-c3ccc(OC(F)F)cc3)c2C)o1. The number of Topliss-reactive ketones (excluding diaryl/α,β-unsaturated/α-hetero) is 1. The molecule has 10 heteroatoms. The second kappa shape index (κ2) is 9.45. The molecule has 0 unspecified atom stereocenters. The highest BCUT2D eigenvalue weighted by molar-refractivity contribution is 7.99. The molecule has 29 heavy (non-hydrogen) atoms. The van der Waals surface area contributed by atoms with Crippen LogP contribution in [0.3, 0.4) is 0 Å². The van der Waals surface area contributed by atoms with Crippen LogP contribution in [-0.4, -0.2) is 39.2 Å². The maximum Gasteiger partial charge on any atom is 0.387 e. The Morgan fingerprint density at radius 1 is 1.24 bits per heavy atom. The lowest BCUT2D eigenvalue weighted by atomic mass is 10.2. The topological polar surface area (TPSA) is 70.2 Å². The summed E-state index contributed by atoms with van der Waals surface area (Å²) >= 11 is 2.78. The van der Waals surface area contributed by atoms with E-state index in [1.165, 1.54) is 23.9 Å². The number of carbonyl (C=O) groups is 1. The van der Waals surface area contributed by atoms with Crippen molar-refractivity contribution < 1.29 is 22.7 Å². The number of thioether (sulfide) groups is 2. The number of rotatable bonds is 9. The summed E-state index contributed by atoms with van der Waals surface area (Å²) in [6.07, 6.45) is 1.94. The first kappa shape index (κ1) is 21.4. The molecular formula is C19H19F2N3O3S2. The molecule has 2 heterocycles. The Kier molecular flexibility index (Phi) is 6.96. The minimum absolute atomic E-state index is 0.0587. The van der Waals surface area contributed by atoms with Gasteiger partial charge in [-0.3, -0.25) is 4.79 Å². The van der Waals surface area contributed by atoms with E-state index >= 15 is 0 Å². The number of aryl methyl sites for hydroxylation is 1. The molecule has 0 atom stereocenters. The van der Waals surface area contributed by atoms with Crippen molar-refractivity contribution >= 4 is 29.3 Å². The van der Waals surface area contributed by atoms with Gasteiger partial charge in [-0.05, 0) is 50.4 Å². The molecule has 0 aliphatic rings. The summed E-state index contributed by atoms with van der Waals surface area (Å²) in [7, 11) is 0. The molecule has 154 valence electrons. The fourth-order valence-corrected chi connectivity index (χ4v) is 3.93. The molecule has 0 fully saturated rings. The Hall–Kier alpha value is -2.33. The summed E-state index contributed by atoms with van der Waals surface area (Å²) in [6.45, 7) is 0.860. The fraction of sp³-hybridized carbons (Fsp3) is 0.316. The molecule has 1 aromatic carbocycles. The first-order valence-corrected chi connectivity index (χ1v) is 11.0. The summed E-state index contributed by atoms with van der Waals surface area (Å²) in [4.78, 5) is 12.7. The Morgan fingerprint density at radius 3 is 2.62 bits per heavy atom. The average molecular weight is 440 g/mol. The minimum atomic E-state index is -2.87. The number of nitrogens with zero attached hydrogens (tertiary/aromatic N) is 3. The van der Waals surface area contributed by atoms with Gasteiger partial charge < -0.3 is 13.7 Å². The van der Waals surface area contributed by atoms with Gasteiger partial charge in [-0.1, -0.05) is 11.8 Å². The van der Waals surface area contributed by atoms with Crippen LogP contribution in [0, 0.1) is 13.8 Å². The number of hydrogen-bond acceptors (Lipinski definition) is 7. The van der Waals surface area contributed by atoms with E-state index in [1.807, 2.05) is 30.7 Å². The smallest absolute Gasteiger partial charge is 0.387 e. The Balaban J connectivity index is 1.73. The molecule has 0 aliphatic carbocycles. The lowest BCUT2D eigenvalue weighted by Gasteiger charge is -2.11. The summed E-state index contributed by atoms with van der Waals surface area (Å²) in [6, 6.07) is 8.10. The van der Waals surface area contributed by atoms with E-state index in [9.17, 15) is 13.6 Å². The maximum atomic E-state index is 12.7. The van der Waals surface area contributed by atoms with Gasteiger partial charge >= 0.3 is 6.61 Å². The summed E-state index contributed by atoms with van der Waals surface area (Å²) in [5.74, 6) is 1.36. The molecule has 2 aromatic heterocycles. The van der Waals surface area contributed by atoms with E-state index in [-0.39, 0.29) is 17.3 Å². The van der Waals surface area contributed by atoms with Crippen LogP contribution in [0.4, 0.5) is 8.78 Å². The molecule has 0 N–H and O–H groups in total. The van der Waals surface area contributed by atoms with E-state index < -0.39 is 6.61 Å². The van der Waals surface area contributed by atoms with Gasteiger partial charge in [0.15, 0.2) is 5.78 Å². The second-order valence-electron chi connectivity index (χ2n) is 6.10. The fourth-order valence-electron chi connectivity index (χ4n) is 2.90. The lowest BCUT2D eigenvalue weighted by molar-refractivity contribution is -0.0498. The highest BCUT2D eigenvalue weighted by Crippen LogP contribution is 2.26. The summed E-state index contributed by atoms with van der Waals surface area (Å²) in [5.41, 5.74) is 2.97. The second-order valence-corrected chi connectivity index (χ2v) is 7.89. The number of halogens is 2. The zero-order valence-electron chi connectivity index (χ0n) is 16.0. The molecular weight excluding hydrogens is 420 g/mol.